The Morgan fingerprint density at radius 1 is 1.24 bits per heavy atom. The second kappa shape index (κ2) is 6.84. The highest BCUT2D eigenvalue weighted by molar-refractivity contribution is 5.30. The fourth-order valence-corrected chi connectivity index (χ4v) is 3.77. The fourth-order valence-electron chi connectivity index (χ4n) is 3.77. The average molecular weight is 340 g/mol. The van der Waals surface area contributed by atoms with E-state index in [9.17, 15) is 4.79 Å². The topological polar surface area (TPSA) is 71.2 Å². The molecule has 1 fully saturated rings. The van der Waals surface area contributed by atoms with Gasteiger partial charge in [-0.1, -0.05) is 13.3 Å². The molecule has 4 rings (SSSR count). The summed E-state index contributed by atoms with van der Waals surface area (Å²) in [6.07, 6.45) is 11.8. The monoisotopic (exact) mass is 340 g/mol. The number of nitrogens with zero attached hydrogens (tertiary/aromatic N) is 5. The van der Waals surface area contributed by atoms with Crippen molar-refractivity contribution in [2.45, 2.75) is 51.7 Å². The summed E-state index contributed by atoms with van der Waals surface area (Å²) >= 11 is 0. The van der Waals surface area contributed by atoms with Gasteiger partial charge in [-0.05, 0) is 25.8 Å². The van der Waals surface area contributed by atoms with Gasteiger partial charge in [-0.15, -0.1) is 0 Å². The van der Waals surface area contributed by atoms with E-state index in [1.807, 2.05) is 6.20 Å². The Balaban J connectivity index is 1.64. The number of hydrogen-bond donors (Lipinski definition) is 1. The molecule has 0 spiro atoms. The zero-order valence-electron chi connectivity index (χ0n) is 14.6. The van der Waals surface area contributed by atoms with Crippen LogP contribution in [0.25, 0.3) is 5.78 Å². The lowest BCUT2D eigenvalue weighted by Crippen LogP contribution is -2.35. The molecular weight excluding hydrogens is 316 g/mol. The zero-order chi connectivity index (χ0) is 17.2. The first kappa shape index (κ1) is 16.1. The summed E-state index contributed by atoms with van der Waals surface area (Å²) < 4.78 is 3.77. The van der Waals surface area contributed by atoms with Gasteiger partial charge >= 0.3 is 0 Å². The molecule has 3 aromatic rings. The summed E-state index contributed by atoms with van der Waals surface area (Å²) in [6, 6.07) is 1.92. The van der Waals surface area contributed by atoms with Crippen LogP contribution >= 0.6 is 0 Å². The second-order valence-corrected chi connectivity index (χ2v) is 6.70. The number of hydrogen-bond acceptors (Lipinski definition) is 4. The van der Waals surface area contributed by atoms with Gasteiger partial charge in [0.25, 0.3) is 5.56 Å². The van der Waals surface area contributed by atoms with Gasteiger partial charge in [-0.25, -0.2) is 9.97 Å². The predicted octanol–water partition coefficient (Wildman–Crippen LogP) is 2.36. The van der Waals surface area contributed by atoms with Crippen molar-refractivity contribution < 1.29 is 0 Å². The molecule has 0 amide bonds. The molecule has 25 heavy (non-hydrogen) atoms. The SMILES string of the molecule is CCCn1ccnc1CN1CCCC[C@@H]1c1cc(=O)n2ccnc2[nH]1. The van der Waals surface area contributed by atoms with Crippen LogP contribution in [0.3, 0.4) is 0 Å². The average Bonchev–Trinajstić information content (AvgIpc) is 3.26. The van der Waals surface area contributed by atoms with Crippen molar-refractivity contribution in [1.29, 1.82) is 0 Å². The van der Waals surface area contributed by atoms with Crippen molar-refractivity contribution in [3.8, 4) is 0 Å². The molecule has 3 aromatic heterocycles. The number of likely N-dealkylation sites (tertiary alicyclic amines) is 1. The Morgan fingerprint density at radius 3 is 3.00 bits per heavy atom. The smallest absolute Gasteiger partial charge is 0.259 e. The van der Waals surface area contributed by atoms with Gasteiger partial charge in [0.15, 0.2) is 0 Å². The number of nitrogens with one attached hydrogen (secondary N) is 1. The van der Waals surface area contributed by atoms with E-state index < -0.39 is 0 Å². The quantitative estimate of drug-likeness (QED) is 0.774. The predicted molar refractivity (Wildman–Crippen MR) is 95.3 cm³/mol. The summed E-state index contributed by atoms with van der Waals surface area (Å²) in [5.41, 5.74) is 0.927. The summed E-state index contributed by atoms with van der Waals surface area (Å²) in [5.74, 6) is 1.71. The van der Waals surface area contributed by atoms with E-state index in [1.54, 1.807) is 22.9 Å². The lowest BCUT2D eigenvalue weighted by molar-refractivity contribution is 0.132. The van der Waals surface area contributed by atoms with Gasteiger partial charge < -0.3 is 9.55 Å². The second-order valence-electron chi connectivity index (χ2n) is 6.70. The molecule has 1 aliphatic heterocycles. The van der Waals surface area contributed by atoms with Crippen molar-refractivity contribution in [2.24, 2.45) is 0 Å². The largest absolute Gasteiger partial charge is 0.334 e. The molecule has 7 heteroatoms. The van der Waals surface area contributed by atoms with Gasteiger partial charge in [0.2, 0.25) is 5.78 Å². The first-order valence-corrected chi connectivity index (χ1v) is 9.06. The number of aryl methyl sites for hydroxylation is 1. The number of aromatic amines is 1. The zero-order valence-corrected chi connectivity index (χ0v) is 14.6. The lowest BCUT2D eigenvalue weighted by Gasteiger charge is -2.35. The van der Waals surface area contributed by atoms with Crippen molar-refractivity contribution in [2.75, 3.05) is 6.54 Å². The molecule has 0 saturated carbocycles. The maximum Gasteiger partial charge on any atom is 0.259 e. The lowest BCUT2D eigenvalue weighted by atomic mass is 9.99. The summed E-state index contributed by atoms with van der Waals surface area (Å²) in [7, 11) is 0. The van der Waals surface area contributed by atoms with Crippen LogP contribution in [0, 0.1) is 0 Å². The molecule has 132 valence electrons. The van der Waals surface area contributed by atoms with E-state index in [2.05, 4.69) is 37.5 Å². The van der Waals surface area contributed by atoms with E-state index in [-0.39, 0.29) is 11.6 Å². The Kier molecular flexibility index (Phi) is 4.40. The molecule has 7 nitrogen and oxygen atoms in total. The number of piperidine rings is 1. The van der Waals surface area contributed by atoms with Crippen LogP contribution in [0.15, 0.2) is 35.6 Å². The molecule has 0 unspecified atom stereocenters. The third kappa shape index (κ3) is 3.11. The molecule has 4 heterocycles. The van der Waals surface area contributed by atoms with Crippen LogP contribution in [0.4, 0.5) is 0 Å². The number of aromatic nitrogens is 5. The molecule has 1 aliphatic rings. The standard InChI is InChI=1S/C18H24N6O/c1-2-8-22-10-6-19-16(22)13-23-9-4-3-5-15(23)14-12-17(25)24-11-7-20-18(24)21-14/h6-7,10-12,15H,2-5,8-9,13H2,1H3,(H,20,21)/t15-/m1/s1. The minimum Gasteiger partial charge on any atom is -0.334 e. The maximum atomic E-state index is 12.3. The normalized spacial score (nSPS) is 18.8. The van der Waals surface area contributed by atoms with E-state index >= 15 is 0 Å². The molecule has 0 aromatic carbocycles. The molecule has 1 N–H and O–H groups in total. The van der Waals surface area contributed by atoms with Crippen molar-refractivity contribution in [1.82, 2.24) is 28.8 Å². The number of rotatable bonds is 5. The van der Waals surface area contributed by atoms with Gasteiger partial charge in [-0.2, -0.15) is 0 Å². The minimum absolute atomic E-state index is 0.0285. The Bertz CT molecular complexity index is 908. The molecular formula is C18H24N6O. The number of H-pyrrole nitrogens is 1. The minimum atomic E-state index is -0.0285. The first-order valence-electron chi connectivity index (χ1n) is 9.06. The van der Waals surface area contributed by atoms with Gasteiger partial charge in [0.05, 0.1) is 12.6 Å². The van der Waals surface area contributed by atoms with Gasteiger partial charge in [-0.3, -0.25) is 14.1 Å². The van der Waals surface area contributed by atoms with Crippen molar-refractivity contribution in [3.63, 3.8) is 0 Å². The molecule has 0 bridgehead atoms. The van der Waals surface area contributed by atoms with E-state index in [1.165, 1.54) is 12.8 Å². The fraction of sp³-hybridized carbons (Fsp3) is 0.500. The van der Waals surface area contributed by atoms with Crippen molar-refractivity contribution >= 4 is 5.78 Å². The van der Waals surface area contributed by atoms with E-state index in [0.717, 1.165) is 44.0 Å². The molecule has 1 saturated heterocycles. The summed E-state index contributed by atoms with van der Waals surface area (Å²) in [5, 5.41) is 0. The van der Waals surface area contributed by atoms with E-state index in [4.69, 9.17) is 0 Å². The summed E-state index contributed by atoms with van der Waals surface area (Å²) in [6.45, 7) is 4.99. The highest BCUT2D eigenvalue weighted by atomic mass is 16.1. The molecule has 1 atom stereocenters. The Morgan fingerprint density at radius 2 is 2.12 bits per heavy atom. The van der Waals surface area contributed by atoms with Crippen LogP contribution in [0.1, 0.15) is 50.2 Å². The van der Waals surface area contributed by atoms with Gasteiger partial charge in [0.1, 0.15) is 5.82 Å². The van der Waals surface area contributed by atoms with Crippen LogP contribution in [-0.4, -0.2) is 35.4 Å². The molecule has 0 radical (unpaired) electrons. The highest BCUT2D eigenvalue weighted by Gasteiger charge is 2.26. The Hall–Kier alpha value is -2.41. The maximum absolute atomic E-state index is 12.3. The highest BCUT2D eigenvalue weighted by Crippen LogP contribution is 2.30. The number of imidazole rings is 2. The van der Waals surface area contributed by atoms with Gasteiger partial charge in [0, 0.05) is 43.1 Å². The van der Waals surface area contributed by atoms with Crippen LogP contribution < -0.4 is 5.56 Å². The first-order chi connectivity index (χ1) is 12.3. The van der Waals surface area contributed by atoms with E-state index in [0.29, 0.717) is 5.78 Å². The van der Waals surface area contributed by atoms with Crippen LogP contribution in [0.5, 0.6) is 0 Å². The van der Waals surface area contributed by atoms with Crippen LogP contribution in [-0.2, 0) is 13.1 Å². The van der Waals surface area contributed by atoms with Crippen LogP contribution in [0.2, 0.25) is 0 Å². The van der Waals surface area contributed by atoms with Crippen molar-refractivity contribution in [3.05, 3.63) is 52.7 Å². The third-order valence-corrected chi connectivity index (χ3v) is 5.00. The third-order valence-electron chi connectivity index (χ3n) is 5.00. The Labute approximate surface area is 146 Å². The number of fused-ring (bicyclic) bond motifs is 1. The summed E-state index contributed by atoms with van der Waals surface area (Å²) in [4.78, 5) is 26.9. The molecule has 0 aliphatic carbocycles.